The van der Waals surface area contributed by atoms with Crippen LogP contribution < -0.4 is 0 Å². The summed E-state index contributed by atoms with van der Waals surface area (Å²) in [6, 6.07) is 3.86. The van der Waals surface area contributed by atoms with Gasteiger partial charge in [0.25, 0.3) is 0 Å². The Morgan fingerprint density at radius 1 is 1.07 bits per heavy atom. The number of rotatable bonds is 6. The third kappa shape index (κ3) is 6.21. The molecular weight excluding hydrogens is 360 g/mol. The molecule has 148 valence electrons. The SMILES string of the molecule is CN1CCN(C(=O)CC[C@H]2CCCN(C(=O)CSc3ccncc3)C2)CC1. The molecule has 2 fully saturated rings. The number of piperidine rings is 1. The van der Waals surface area contributed by atoms with Crippen LogP contribution in [0.5, 0.6) is 0 Å². The minimum absolute atomic E-state index is 0.201. The van der Waals surface area contributed by atoms with Crippen LogP contribution in [0.15, 0.2) is 29.4 Å². The van der Waals surface area contributed by atoms with Gasteiger partial charge in [-0.1, -0.05) is 0 Å². The summed E-state index contributed by atoms with van der Waals surface area (Å²) in [5.74, 6) is 1.40. The molecule has 6 nitrogen and oxygen atoms in total. The smallest absolute Gasteiger partial charge is 0.232 e. The Labute approximate surface area is 166 Å². The van der Waals surface area contributed by atoms with E-state index < -0.39 is 0 Å². The van der Waals surface area contributed by atoms with Crippen LogP contribution in [0.1, 0.15) is 25.7 Å². The van der Waals surface area contributed by atoms with Gasteiger partial charge in [0.2, 0.25) is 11.8 Å². The van der Waals surface area contributed by atoms with Crippen molar-refractivity contribution in [2.24, 2.45) is 5.92 Å². The zero-order chi connectivity index (χ0) is 19.1. The number of carbonyl (C=O) groups excluding carboxylic acids is 2. The summed E-state index contributed by atoms with van der Waals surface area (Å²) < 4.78 is 0. The number of piperazine rings is 1. The Balaban J connectivity index is 1.39. The maximum Gasteiger partial charge on any atom is 0.232 e. The van der Waals surface area contributed by atoms with Gasteiger partial charge < -0.3 is 14.7 Å². The molecule has 2 saturated heterocycles. The first-order valence-corrected chi connectivity index (χ1v) is 10.9. The van der Waals surface area contributed by atoms with Crippen LogP contribution in [0, 0.1) is 5.92 Å². The number of hydrogen-bond donors (Lipinski definition) is 0. The van der Waals surface area contributed by atoms with Crippen molar-refractivity contribution in [3.63, 3.8) is 0 Å². The lowest BCUT2D eigenvalue weighted by Gasteiger charge is -2.34. The van der Waals surface area contributed by atoms with Gasteiger partial charge in [0.05, 0.1) is 5.75 Å². The van der Waals surface area contributed by atoms with Crippen LogP contribution in [0.3, 0.4) is 0 Å². The second-order valence-corrected chi connectivity index (χ2v) is 8.59. The molecule has 1 aromatic heterocycles. The summed E-state index contributed by atoms with van der Waals surface area (Å²) in [6.07, 6.45) is 7.17. The number of aromatic nitrogens is 1. The van der Waals surface area contributed by atoms with Crippen molar-refractivity contribution in [1.82, 2.24) is 19.7 Å². The van der Waals surface area contributed by atoms with Gasteiger partial charge in [-0.2, -0.15) is 0 Å². The van der Waals surface area contributed by atoms with Crippen LogP contribution in [-0.4, -0.2) is 83.6 Å². The van der Waals surface area contributed by atoms with E-state index in [1.165, 1.54) is 0 Å². The number of carbonyl (C=O) groups is 2. The first-order valence-electron chi connectivity index (χ1n) is 9.89. The largest absolute Gasteiger partial charge is 0.342 e. The fourth-order valence-electron chi connectivity index (χ4n) is 3.74. The Kier molecular flexibility index (Phi) is 7.52. The summed E-state index contributed by atoms with van der Waals surface area (Å²) >= 11 is 1.56. The van der Waals surface area contributed by atoms with Crippen LogP contribution in [0.25, 0.3) is 0 Å². The first kappa shape index (κ1) is 20.1. The molecule has 0 aromatic carbocycles. The van der Waals surface area contributed by atoms with Crippen molar-refractivity contribution in [3.05, 3.63) is 24.5 Å². The maximum absolute atomic E-state index is 12.5. The van der Waals surface area contributed by atoms with Gasteiger partial charge in [0.1, 0.15) is 0 Å². The van der Waals surface area contributed by atoms with E-state index >= 15 is 0 Å². The second kappa shape index (κ2) is 10.1. The van der Waals surface area contributed by atoms with E-state index in [2.05, 4.69) is 16.9 Å². The molecule has 0 N–H and O–H groups in total. The van der Waals surface area contributed by atoms with Gasteiger partial charge >= 0.3 is 0 Å². The predicted molar refractivity (Wildman–Crippen MR) is 108 cm³/mol. The lowest BCUT2D eigenvalue weighted by molar-refractivity contribution is -0.133. The number of hydrogen-bond acceptors (Lipinski definition) is 5. The predicted octanol–water partition coefficient (Wildman–Crippen LogP) is 1.97. The van der Waals surface area contributed by atoms with Crippen molar-refractivity contribution in [3.8, 4) is 0 Å². The third-order valence-electron chi connectivity index (χ3n) is 5.51. The van der Waals surface area contributed by atoms with Gasteiger partial charge in [-0.3, -0.25) is 14.6 Å². The van der Waals surface area contributed by atoms with Crippen molar-refractivity contribution >= 4 is 23.6 Å². The molecule has 3 heterocycles. The van der Waals surface area contributed by atoms with E-state index in [1.807, 2.05) is 21.9 Å². The van der Waals surface area contributed by atoms with E-state index in [1.54, 1.807) is 24.2 Å². The van der Waals surface area contributed by atoms with Gasteiger partial charge in [0.15, 0.2) is 0 Å². The number of pyridine rings is 1. The van der Waals surface area contributed by atoms with Gasteiger partial charge in [-0.25, -0.2) is 0 Å². The molecule has 2 amide bonds. The first-order chi connectivity index (χ1) is 13.1. The highest BCUT2D eigenvalue weighted by Crippen LogP contribution is 2.23. The molecule has 0 bridgehead atoms. The molecule has 1 aromatic rings. The summed E-state index contributed by atoms with van der Waals surface area (Å²) in [7, 11) is 2.10. The van der Waals surface area contributed by atoms with E-state index in [0.29, 0.717) is 18.1 Å². The fourth-order valence-corrected chi connectivity index (χ4v) is 4.53. The Morgan fingerprint density at radius 2 is 1.81 bits per heavy atom. The molecule has 0 spiro atoms. The summed E-state index contributed by atoms with van der Waals surface area (Å²) in [4.78, 5) is 36.3. The highest BCUT2D eigenvalue weighted by Gasteiger charge is 2.25. The number of thioether (sulfide) groups is 1. The molecule has 1 atom stereocenters. The summed E-state index contributed by atoms with van der Waals surface area (Å²) in [5, 5.41) is 0. The van der Waals surface area contributed by atoms with Crippen LogP contribution in [0.4, 0.5) is 0 Å². The number of amides is 2. The second-order valence-electron chi connectivity index (χ2n) is 7.54. The zero-order valence-corrected chi connectivity index (χ0v) is 17.0. The summed E-state index contributed by atoms with van der Waals surface area (Å²) in [6.45, 7) is 5.26. The molecule has 0 saturated carbocycles. The Hall–Kier alpha value is -1.60. The van der Waals surface area contributed by atoms with E-state index in [9.17, 15) is 9.59 Å². The Bertz CT molecular complexity index is 620. The molecule has 0 unspecified atom stereocenters. The lowest BCUT2D eigenvalue weighted by atomic mass is 9.93. The van der Waals surface area contributed by atoms with Gasteiger partial charge in [-0.15, -0.1) is 11.8 Å². The monoisotopic (exact) mass is 390 g/mol. The van der Waals surface area contributed by atoms with Gasteiger partial charge in [0, 0.05) is 63.0 Å². The lowest BCUT2D eigenvalue weighted by Crippen LogP contribution is -2.47. The molecule has 0 radical (unpaired) electrons. The molecule has 2 aliphatic heterocycles. The average Bonchev–Trinajstić information content (AvgIpc) is 2.71. The zero-order valence-electron chi connectivity index (χ0n) is 16.2. The molecule has 3 rings (SSSR count). The van der Waals surface area contributed by atoms with Crippen molar-refractivity contribution in [2.75, 3.05) is 52.1 Å². The fraction of sp³-hybridized carbons (Fsp3) is 0.650. The maximum atomic E-state index is 12.5. The normalized spacial score (nSPS) is 21.3. The quantitative estimate of drug-likeness (QED) is 0.695. The molecule has 2 aliphatic rings. The van der Waals surface area contributed by atoms with Gasteiger partial charge in [-0.05, 0) is 44.4 Å². The van der Waals surface area contributed by atoms with E-state index in [4.69, 9.17) is 0 Å². The molecule has 7 heteroatoms. The average molecular weight is 391 g/mol. The number of likely N-dealkylation sites (N-methyl/N-ethyl adjacent to an activating group) is 1. The number of nitrogens with zero attached hydrogens (tertiary/aromatic N) is 4. The van der Waals surface area contributed by atoms with Crippen molar-refractivity contribution in [1.29, 1.82) is 0 Å². The highest BCUT2D eigenvalue weighted by molar-refractivity contribution is 8.00. The van der Waals surface area contributed by atoms with Crippen molar-refractivity contribution in [2.45, 2.75) is 30.6 Å². The van der Waals surface area contributed by atoms with Crippen LogP contribution in [-0.2, 0) is 9.59 Å². The van der Waals surface area contributed by atoms with Crippen LogP contribution in [0.2, 0.25) is 0 Å². The highest BCUT2D eigenvalue weighted by atomic mass is 32.2. The Morgan fingerprint density at radius 3 is 2.56 bits per heavy atom. The standard InChI is InChI=1S/C20H30N4O2S/c1-22-11-13-23(14-12-22)19(25)5-4-17-3-2-10-24(15-17)20(26)16-27-18-6-8-21-9-7-18/h6-9,17H,2-5,10-16H2,1H3/t17-/m1/s1. The minimum atomic E-state index is 0.201. The molecular formula is C20H30N4O2S. The van der Waals surface area contributed by atoms with E-state index in [0.717, 1.165) is 63.4 Å². The van der Waals surface area contributed by atoms with Crippen LogP contribution >= 0.6 is 11.8 Å². The van der Waals surface area contributed by atoms with Crippen molar-refractivity contribution < 1.29 is 9.59 Å². The summed E-state index contributed by atoms with van der Waals surface area (Å²) in [5.41, 5.74) is 0. The molecule has 0 aliphatic carbocycles. The topological polar surface area (TPSA) is 56.8 Å². The number of likely N-dealkylation sites (tertiary alicyclic amines) is 1. The molecule has 27 heavy (non-hydrogen) atoms. The van der Waals surface area contributed by atoms with E-state index in [-0.39, 0.29) is 11.8 Å². The minimum Gasteiger partial charge on any atom is -0.342 e. The third-order valence-corrected chi connectivity index (χ3v) is 6.50.